The monoisotopic (exact) mass is 578 g/mol. The zero-order chi connectivity index (χ0) is 27.0. The molecule has 9 nitrogen and oxygen atoms in total. The van der Waals surface area contributed by atoms with Gasteiger partial charge in [0.15, 0.2) is 11.0 Å². The number of thiophene rings is 1. The number of aryl methyl sites for hydroxylation is 1. The van der Waals surface area contributed by atoms with Crippen LogP contribution in [0.2, 0.25) is 0 Å². The molecule has 1 aliphatic rings. The number of nitrogens with zero attached hydrogens (tertiary/aromatic N) is 5. The van der Waals surface area contributed by atoms with Crippen LogP contribution in [0, 0.1) is 6.92 Å². The van der Waals surface area contributed by atoms with Gasteiger partial charge in [0.1, 0.15) is 4.21 Å². The van der Waals surface area contributed by atoms with Crippen LogP contribution in [0.5, 0.6) is 0 Å². The van der Waals surface area contributed by atoms with Crippen molar-refractivity contribution in [3.63, 3.8) is 0 Å². The Morgan fingerprint density at radius 3 is 2.62 bits per heavy atom. The van der Waals surface area contributed by atoms with Crippen molar-refractivity contribution in [2.45, 2.75) is 16.3 Å². The van der Waals surface area contributed by atoms with Crippen molar-refractivity contribution >= 4 is 49.9 Å². The second-order valence-electron chi connectivity index (χ2n) is 9.23. The van der Waals surface area contributed by atoms with E-state index in [0.717, 1.165) is 27.7 Å². The Hall–Kier alpha value is -3.45. The number of carbonyl (C=O) groups excluding carboxylic acids is 1. The van der Waals surface area contributed by atoms with Gasteiger partial charge in [-0.05, 0) is 42.1 Å². The van der Waals surface area contributed by atoms with Gasteiger partial charge in [-0.1, -0.05) is 48.2 Å². The van der Waals surface area contributed by atoms with E-state index in [1.807, 2.05) is 60.2 Å². The van der Waals surface area contributed by atoms with Crippen molar-refractivity contribution in [1.82, 2.24) is 29.0 Å². The molecule has 1 fully saturated rings. The van der Waals surface area contributed by atoms with Crippen molar-refractivity contribution in [1.29, 1.82) is 0 Å². The van der Waals surface area contributed by atoms with Gasteiger partial charge >= 0.3 is 0 Å². The molecule has 1 N–H and O–H groups in total. The van der Waals surface area contributed by atoms with E-state index in [4.69, 9.17) is 0 Å². The summed E-state index contributed by atoms with van der Waals surface area (Å²) < 4.78 is 29.4. The molecular weight excluding hydrogens is 553 g/mol. The molecular formula is C27H26N6O3S3. The second kappa shape index (κ2) is 10.6. The lowest BCUT2D eigenvalue weighted by Crippen LogP contribution is -2.50. The van der Waals surface area contributed by atoms with E-state index in [0.29, 0.717) is 28.3 Å². The van der Waals surface area contributed by atoms with E-state index in [-0.39, 0.29) is 24.7 Å². The Morgan fingerprint density at radius 2 is 1.85 bits per heavy atom. The van der Waals surface area contributed by atoms with Gasteiger partial charge in [0.2, 0.25) is 5.91 Å². The van der Waals surface area contributed by atoms with Gasteiger partial charge in [-0.3, -0.25) is 9.36 Å². The minimum Gasteiger partial charge on any atom is -0.360 e. The molecule has 1 aliphatic heterocycles. The Labute approximate surface area is 234 Å². The van der Waals surface area contributed by atoms with E-state index < -0.39 is 10.0 Å². The summed E-state index contributed by atoms with van der Waals surface area (Å²) in [5, 5.41) is 12.4. The molecule has 12 heteroatoms. The number of benzene rings is 2. The highest BCUT2D eigenvalue weighted by Gasteiger charge is 2.31. The standard InChI is InChI=1S/C27H26N6O3S3/c1-19-6-4-7-20(16-19)33-26(22-17-28-23-9-3-2-8-21(22)23)29-30-27(33)38-18-24(34)31-11-13-32(14-12-31)39(35,36)25-10-5-15-37-25/h2-10,15-17,28H,11-14,18H2,1H3. The fraction of sp³-hybridized carbons (Fsp3) is 0.222. The third-order valence-electron chi connectivity index (χ3n) is 6.73. The highest BCUT2D eigenvalue weighted by atomic mass is 32.2. The summed E-state index contributed by atoms with van der Waals surface area (Å²) in [4.78, 5) is 18.2. The fourth-order valence-corrected chi connectivity index (χ4v) is 8.15. The number of carbonyl (C=O) groups is 1. The summed E-state index contributed by atoms with van der Waals surface area (Å²) in [6, 6.07) is 19.5. The van der Waals surface area contributed by atoms with Crippen LogP contribution in [0.3, 0.4) is 0 Å². The molecule has 6 rings (SSSR count). The molecule has 2 aromatic carbocycles. The Morgan fingerprint density at radius 1 is 1.03 bits per heavy atom. The number of nitrogens with one attached hydrogen (secondary N) is 1. The fourth-order valence-electron chi connectivity index (χ4n) is 4.73. The average molecular weight is 579 g/mol. The first-order valence-corrected chi connectivity index (χ1v) is 15.8. The minimum absolute atomic E-state index is 0.0550. The van der Waals surface area contributed by atoms with Gasteiger partial charge in [-0.15, -0.1) is 21.5 Å². The topological polar surface area (TPSA) is 104 Å². The van der Waals surface area contributed by atoms with Crippen molar-refractivity contribution in [3.8, 4) is 17.1 Å². The van der Waals surface area contributed by atoms with Crippen molar-refractivity contribution < 1.29 is 13.2 Å². The molecule has 1 saturated heterocycles. The second-order valence-corrected chi connectivity index (χ2v) is 13.3. The number of aromatic nitrogens is 4. The number of amides is 1. The number of hydrogen-bond donors (Lipinski definition) is 1. The Bertz CT molecular complexity index is 1740. The molecule has 0 unspecified atom stereocenters. The summed E-state index contributed by atoms with van der Waals surface area (Å²) in [6.07, 6.45) is 1.93. The van der Waals surface area contributed by atoms with Crippen LogP contribution in [0.1, 0.15) is 5.56 Å². The Kier molecular flexibility index (Phi) is 7.02. The number of hydrogen-bond acceptors (Lipinski definition) is 7. The summed E-state index contributed by atoms with van der Waals surface area (Å²) in [5.41, 5.74) is 3.97. The number of thioether (sulfide) groups is 1. The normalized spacial score (nSPS) is 14.7. The van der Waals surface area contributed by atoms with E-state index in [1.54, 1.807) is 22.4 Å². The number of piperazine rings is 1. The van der Waals surface area contributed by atoms with Crippen LogP contribution in [0.25, 0.3) is 28.0 Å². The summed E-state index contributed by atoms with van der Waals surface area (Å²) in [5.74, 6) is 0.816. The molecule has 0 spiro atoms. The maximum absolute atomic E-state index is 13.1. The number of aromatic amines is 1. The maximum atomic E-state index is 13.1. The minimum atomic E-state index is -3.51. The predicted molar refractivity (Wildman–Crippen MR) is 154 cm³/mol. The quantitative estimate of drug-likeness (QED) is 0.287. The third kappa shape index (κ3) is 5.00. The lowest BCUT2D eigenvalue weighted by molar-refractivity contribution is -0.129. The van der Waals surface area contributed by atoms with E-state index in [2.05, 4.69) is 21.2 Å². The number of H-pyrrole nitrogens is 1. The number of para-hydroxylation sites is 1. The molecule has 3 aromatic heterocycles. The molecule has 5 aromatic rings. The Balaban J connectivity index is 1.21. The number of rotatable bonds is 7. The van der Waals surface area contributed by atoms with Crippen LogP contribution < -0.4 is 0 Å². The molecule has 0 bridgehead atoms. The van der Waals surface area contributed by atoms with Crippen molar-refractivity contribution in [2.75, 3.05) is 31.9 Å². The predicted octanol–water partition coefficient (Wildman–Crippen LogP) is 4.41. The van der Waals surface area contributed by atoms with Crippen LogP contribution in [-0.2, 0) is 14.8 Å². The zero-order valence-corrected chi connectivity index (χ0v) is 23.6. The van der Waals surface area contributed by atoms with Crippen LogP contribution in [0.4, 0.5) is 0 Å². The van der Waals surface area contributed by atoms with Gasteiger partial charge in [-0.25, -0.2) is 8.42 Å². The van der Waals surface area contributed by atoms with E-state index in [9.17, 15) is 13.2 Å². The van der Waals surface area contributed by atoms with E-state index in [1.165, 1.54) is 27.4 Å². The summed E-state index contributed by atoms with van der Waals surface area (Å²) in [7, 11) is -3.51. The molecule has 0 radical (unpaired) electrons. The average Bonchev–Trinajstić information content (AvgIpc) is 3.72. The number of fused-ring (bicyclic) bond motifs is 1. The van der Waals surface area contributed by atoms with Crippen LogP contribution >= 0.6 is 23.1 Å². The molecule has 0 saturated carbocycles. The molecule has 39 heavy (non-hydrogen) atoms. The molecule has 4 heterocycles. The summed E-state index contributed by atoms with van der Waals surface area (Å²) >= 11 is 2.54. The highest BCUT2D eigenvalue weighted by molar-refractivity contribution is 7.99. The molecule has 0 atom stereocenters. The van der Waals surface area contributed by atoms with Crippen LogP contribution in [-0.4, -0.2) is 75.2 Å². The van der Waals surface area contributed by atoms with Gasteiger partial charge < -0.3 is 9.88 Å². The largest absolute Gasteiger partial charge is 0.360 e. The van der Waals surface area contributed by atoms with Crippen LogP contribution in [0.15, 0.2) is 81.6 Å². The number of sulfonamides is 1. The summed E-state index contributed by atoms with van der Waals surface area (Å²) in [6.45, 7) is 3.31. The first-order chi connectivity index (χ1) is 18.9. The van der Waals surface area contributed by atoms with Gasteiger partial charge in [0, 0.05) is 54.5 Å². The van der Waals surface area contributed by atoms with Gasteiger partial charge in [0.25, 0.3) is 10.0 Å². The molecule has 200 valence electrons. The highest BCUT2D eigenvalue weighted by Crippen LogP contribution is 2.33. The first-order valence-electron chi connectivity index (χ1n) is 12.4. The molecule has 1 amide bonds. The van der Waals surface area contributed by atoms with E-state index >= 15 is 0 Å². The van der Waals surface area contributed by atoms with Crippen molar-refractivity contribution in [3.05, 3.63) is 77.8 Å². The third-order valence-corrected chi connectivity index (χ3v) is 10.9. The molecule has 0 aliphatic carbocycles. The smallest absolute Gasteiger partial charge is 0.252 e. The maximum Gasteiger partial charge on any atom is 0.252 e. The SMILES string of the molecule is Cc1cccc(-n2c(SCC(=O)N3CCN(S(=O)(=O)c4cccs4)CC3)nnc2-c2c[nH]c3ccccc23)c1. The first kappa shape index (κ1) is 25.8. The van der Waals surface area contributed by atoms with Gasteiger partial charge in [0.05, 0.1) is 5.75 Å². The lowest BCUT2D eigenvalue weighted by atomic mass is 10.1. The lowest BCUT2D eigenvalue weighted by Gasteiger charge is -2.33. The van der Waals surface area contributed by atoms with Gasteiger partial charge in [-0.2, -0.15) is 4.31 Å². The zero-order valence-electron chi connectivity index (χ0n) is 21.1. The van der Waals surface area contributed by atoms with Crippen molar-refractivity contribution in [2.24, 2.45) is 0 Å².